The van der Waals surface area contributed by atoms with E-state index in [4.69, 9.17) is 9.84 Å². The molecule has 2 fully saturated rings. The number of aliphatic hydroxyl groups excluding tert-OH is 1. The van der Waals surface area contributed by atoms with Gasteiger partial charge in [-0.05, 0) is 18.9 Å². The molecular formula is C14H19FN2O2. The molecular weight excluding hydrogens is 247 g/mol. The van der Waals surface area contributed by atoms with Crippen molar-refractivity contribution >= 4 is 5.82 Å². The molecule has 104 valence electrons. The molecule has 3 rings (SSSR count). The fourth-order valence-corrected chi connectivity index (χ4v) is 3.15. The normalized spacial score (nSPS) is 27.2. The Labute approximate surface area is 112 Å². The zero-order valence-electron chi connectivity index (χ0n) is 10.9. The third kappa shape index (κ3) is 2.32. The first-order chi connectivity index (χ1) is 9.31. The highest BCUT2D eigenvalue weighted by Gasteiger charge is 2.36. The highest BCUT2D eigenvalue weighted by Crippen LogP contribution is 2.32. The van der Waals surface area contributed by atoms with Crippen LogP contribution < -0.4 is 4.90 Å². The van der Waals surface area contributed by atoms with Gasteiger partial charge in [0.25, 0.3) is 0 Å². The van der Waals surface area contributed by atoms with Crippen molar-refractivity contribution in [3.05, 3.63) is 23.6 Å². The Bertz CT molecular complexity index is 453. The van der Waals surface area contributed by atoms with Crippen molar-refractivity contribution < 1.29 is 14.2 Å². The van der Waals surface area contributed by atoms with Gasteiger partial charge in [0.05, 0.1) is 25.4 Å². The van der Waals surface area contributed by atoms with Crippen molar-refractivity contribution in [3.63, 3.8) is 0 Å². The molecule has 0 amide bonds. The second kappa shape index (κ2) is 5.43. The van der Waals surface area contributed by atoms with E-state index in [9.17, 15) is 4.39 Å². The second-order valence-corrected chi connectivity index (χ2v) is 5.22. The van der Waals surface area contributed by atoms with E-state index in [1.165, 1.54) is 12.5 Å². The number of aliphatic hydroxyl groups is 1. The van der Waals surface area contributed by atoms with Crippen LogP contribution in [-0.4, -0.2) is 35.4 Å². The molecule has 1 saturated carbocycles. The van der Waals surface area contributed by atoms with Gasteiger partial charge in [-0.2, -0.15) is 0 Å². The Morgan fingerprint density at radius 2 is 2.26 bits per heavy atom. The van der Waals surface area contributed by atoms with Gasteiger partial charge in [0.1, 0.15) is 0 Å². The van der Waals surface area contributed by atoms with E-state index >= 15 is 0 Å². The molecule has 0 spiro atoms. The summed E-state index contributed by atoms with van der Waals surface area (Å²) in [4.78, 5) is 6.22. The lowest BCUT2D eigenvalue weighted by atomic mass is 9.90. The minimum absolute atomic E-state index is 0.196. The van der Waals surface area contributed by atoms with E-state index in [0.29, 0.717) is 24.5 Å². The number of hydrogen-bond acceptors (Lipinski definition) is 4. The molecule has 1 aliphatic heterocycles. The summed E-state index contributed by atoms with van der Waals surface area (Å²) in [6, 6.07) is 1.75. The molecule has 5 heteroatoms. The standard InChI is InChI=1S/C14H19FN2O2/c15-13-10(9-18)5-6-16-14(13)17-7-8-19-12-4-2-1-3-11(12)17/h5-6,11-12,18H,1-4,7-9H2. The highest BCUT2D eigenvalue weighted by atomic mass is 19.1. The van der Waals surface area contributed by atoms with E-state index in [2.05, 4.69) is 4.98 Å². The highest BCUT2D eigenvalue weighted by molar-refractivity contribution is 5.45. The Morgan fingerprint density at radius 3 is 3.11 bits per heavy atom. The molecule has 1 aromatic rings. The maximum Gasteiger partial charge on any atom is 0.171 e. The smallest absolute Gasteiger partial charge is 0.171 e. The molecule has 4 nitrogen and oxygen atoms in total. The topological polar surface area (TPSA) is 45.6 Å². The fraction of sp³-hybridized carbons (Fsp3) is 0.643. The van der Waals surface area contributed by atoms with Gasteiger partial charge in [0.2, 0.25) is 0 Å². The van der Waals surface area contributed by atoms with Crippen molar-refractivity contribution in [2.24, 2.45) is 0 Å². The monoisotopic (exact) mass is 266 g/mol. The number of anilines is 1. The third-order valence-electron chi connectivity index (χ3n) is 4.13. The van der Waals surface area contributed by atoms with Crippen LogP contribution >= 0.6 is 0 Å². The average molecular weight is 266 g/mol. The first kappa shape index (κ1) is 12.8. The molecule has 2 aliphatic rings. The lowest BCUT2D eigenvalue weighted by Crippen LogP contribution is -2.53. The molecule has 2 atom stereocenters. The summed E-state index contributed by atoms with van der Waals surface area (Å²) >= 11 is 0. The zero-order valence-corrected chi connectivity index (χ0v) is 10.9. The van der Waals surface area contributed by atoms with Crippen LogP contribution in [0.5, 0.6) is 0 Å². The molecule has 1 aromatic heterocycles. The summed E-state index contributed by atoms with van der Waals surface area (Å²) in [6.45, 7) is 0.991. The van der Waals surface area contributed by atoms with Crippen molar-refractivity contribution in [2.75, 3.05) is 18.1 Å². The van der Waals surface area contributed by atoms with Crippen LogP contribution in [0.3, 0.4) is 0 Å². The molecule has 2 heterocycles. The number of hydrogen-bond donors (Lipinski definition) is 1. The van der Waals surface area contributed by atoms with Gasteiger partial charge in [-0.25, -0.2) is 9.37 Å². The van der Waals surface area contributed by atoms with E-state index in [-0.39, 0.29) is 18.8 Å². The van der Waals surface area contributed by atoms with Gasteiger partial charge in [0.15, 0.2) is 11.6 Å². The predicted molar refractivity (Wildman–Crippen MR) is 69.5 cm³/mol. The Hall–Kier alpha value is -1.20. The molecule has 0 radical (unpaired) electrons. The number of morpholine rings is 1. The van der Waals surface area contributed by atoms with Crippen LogP contribution in [0.25, 0.3) is 0 Å². The largest absolute Gasteiger partial charge is 0.392 e. The van der Waals surface area contributed by atoms with E-state index < -0.39 is 5.82 Å². The number of ether oxygens (including phenoxy) is 1. The summed E-state index contributed by atoms with van der Waals surface area (Å²) in [5.41, 5.74) is 0.309. The van der Waals surface area contributed by atoms with E-state index in [1.807, 2.05) is 4.90 Å². The number of pyridine rings is 1. The van der Waals surface area contributed by atoms with Crippen molar-refractivity contribution in [1.29, 1.82) is 0 Å². The van der Waals surface area contributed by atoms with E-state index in [1.54, 1.807) is 6.20 Å². The van der Waals surface area contributed by atoms with Gasteiger partial charge in [-0.3, -0.25) is 0 Å². The van der Waals surface area contributed by atoms with Crippen molar-refractivity contribution in [1.82, 2.24) is 4.98 Å². The van der Waals surface area contributed by atoms with Gasteiger partial charge in [0, 0.05) is 18.3 Å². The minimum atomic E-state index is -0.392. The van der Waals surface area contributed by atoms with Crippen LogP contribution in [0, 0.1) is 5.82 Å². The lowest BCUT2D eigenvalue weighted by Gasteiger charge is -2.44. The SMILES string of the molecule is OCc1ccnc(N2CCOC3CCCCC32)c1F. The lowest BCUT2D eigenvalue weighted by molar-refractivity contribution is -0.00926. The van der Waals surface area contributed by atoms with E-state index in [0.717, 1.165) is 19.3 Å². The van der Waals surface area contributed by atoms with Crippen LogP contribution in [0.1, 0.15) is 31.2 Å². The predicted octanol–water partition coefficient (Wildman–Crippen LogP) is 1.86. The summed E-state index contributed by atoms with van der Waals surface area (Å²) in [6.07, 6.45) is 6.17. The number of rotatable bonds is 2. The third-order valence-corrected chi connectivity index (χ3v) is 4.13. The zero-order chi connectivity index (χ0) is 13.2. The Morgan fingerprint density at radius 1 is 1.42 bits per heavy atom. The van der Waals surface area contributed by atoms with Gasteiger partial charge in [-0.1, -0.05) is 12.8 Å². The molecule has 0 bridgehead atoms. The summed E-state index contributed by atoms with van der Waals surface area (Å²) in [5, 5.41) is 9.16. The van der Waals surface area contributed by atoms with Crippen LogP contribution in [0.4, 0.5) is 10.2 Å². The first-order valence-corrected chi connectivity index (χ1v) is 6.93. The van der Waals surface area contributed by atoms with Gasteiger partial charge in [-0.15, -0.1) is 0 Å². The number of halogens is 1. The Kier molecular flexibility index (Phi) is 3.66. The molecule has 0 aromatic carbocycles. The molecule has 2 unspecified atom stereocenters. The second-order valence-electron chi connectivity index (χ2n) is 5.22. The van der Waals surface area contributed by atoms with Crippen LogP contribution in [-0.2, 0) is 11.3 Å². The first-order valence-electron chi connectivity index (χ1n) is 6.93. The molecule has 19 heavy (non-hydrogen) atoms. The molecule has 1 aliphatic carbocycles. The quantitative estimate of drug-likeness (QED) is 0.887. The summed E-state index contributed by atoms with van der Waals surface area (Å²) in [7, 11) is 0. The molecule has 1 N–H and O–H groups in total. The van der Waals surface area contributed by atoms with Crippen LogP contribution in [0.15, 0.2) is 12.3 Å². The summed E-state index contributed by atoms with van der Waals surface area (Å²) in [5.74, 6) is -0.0250. The van der Waals surface area contributed by atoms with Crippen molar-refractivity contribution in [2.45, 2.75) is 44.4 Å². The minimum Gasteiger partial charge on any atom is -0.392 e. The van der Waals surface area contributed by atoms with Crippen molar-refractivity contribution in [3.8, 4) is 0 Å². The summed E-state index contributed by atoms with van der Waals surface area (Å²) < 4.78 is 20.1. The fourth-order valence-electron chi connectivity index (χ4n) is 3.15. The Balaban J connectivity index is 1.91. The van der Waals surface area contributed by atoms with Gasteiger partial charge >= 0.3 is 0 Å². The number of nitrogens with zero attached hydrogens (tertiary/aromatic N) is 2. The average Bonchev–Trinajstić information content (AvgIpc) is 2.47. The maximum atomic E-state index is 14.3. The maximum absolute atomic E-state index is 14.3. The number of fused-ring (bicyclic) bond motifs is 1. The van der Waals surface area contributed by atoms with Gasteiger partial charge < -0.3 is 14.7 Å². The molecule has 1 saturated heterocycles. The van der Waals surface area contributed by atoms with Crippen LogP contribution in [0.2, 0.25) is 0 Å². The number of aromatic nitrogens is 1.